The van der Waals surface area contributed by atoms with E-state index in [9.17, 15) is 4.79 Å². The Morgan fingerprint density at radius 1 is 1.04 bits per heavy atom. The molecule has 0 unspecified atom stereocenters. The second-order valence-electron chi connectivity index (χ2n) is 5.71. The van der Waals surface area contributed by atoms with Crippen LogP contribution in [0.1, 0.15) is 27.0 Å². The Hall–Kier alpha value is -3.28. The topological polar surface area (TPSA) is 79.8 Å². The Morgan fingerprint density at radius 2 is 1.76 bits per heavy atom. The molecule has 0 aliphatic heterocycles. The Kier molecular flexibility index (Phi) is 4.99. The van der Waals surface area contributed by atoms with Crippen molar-refractivity contribution in [2.75, 3.05) is 10.6 Å². The smallest absolute Gasteiger partial charge is 0.258 e. The molecule has 0 aliphatic rings. The van der Waals surface area contributed by atoms with E-state index in [0.717, 1.165) is 22.4 Å². The van der Waals surface area contributed by atoms with E-state index >= 15 is 0 Å². The zero-order valence-electron chi connectivity index (χ0n) is 14.2. The van der Waals surface area contributed by atoms with Crippen LogP contribution in [0.4, 0.5) is 11.6 Å². The summed E-state index contributed by atoms with van der Waals surface area (Å²) in [6.07, 6.45) is 6.50. The molecule has 2 N–H and O–H groups in total. The number of anilines is 2. The van der Waals surface area contributed by atoms with Gasteiger partial charge in [-0.15, -0.1) is 0 Å². The summed E-state index contributed by atoms with van der Waals surface area (Å²) in [7, 11) is 0. The van der Waals surface area contributed by atoms with Crippen LogP contribution in [0.2, 0.25) is 0 Å². The molecule has 1 amide bonds. The SMILES string of the molecule is Cc1cccc(NC(=O)c2cnc(NCc3ccncc3)nc2)c1C. The minimum absolute atomic E-state index is 0.227. The van der Waals surface area contributed by atoms with Crippen LogP contribution >= 0.6 is 0 Å². The van der Waals surface area contributed by atoms with Crippen molar-refractivity contribution >= 4 is 17.5 Å². The van der Waals surface area contributed by atoms with Gasteiger partial charge in [0.05, 0.1) is 5.56 Å². The molecule has 3 rings (SSSR count). The van der Waals surface area contributed by atoms with Gasteiger partial charge in [0.1, 0.15) is 0 Å². The predicted molar refractivity (Wildman–Crippen MR) is 97.5 cm³/mol. The van der Waals surface area contributed by atoms with Crippen LogP contribution in [-0.4, -0.2) is 20.9 Å². The fourth-order valence-electron chi connectivity index (χ4n) is 2.30. The number of benzene rings is 1. The first-order chi connectivity index (χ1) is 12.1. The molecule has 25 heavy (non-hydrogen) atoms. The van der Waals surface area contributed by atoms with Gasteiger partial charge in [-0.2, -0.15) is 0 Å². The third kappa shape index (κ3) is 4.17. The van der Waals surface area contributed by atoms with Gasteiger partial charge in [0.2, 0.25) is 5.95 Å². The van der Waals surface area contributed by atoms with Crippen molar-refractivity contribution in [1.29, 1.82) is 0 Å². The lowest BCUT2D eigenvalue weighted by Gasteiger charge is -2.10. The van der Waals surface area contributed by atoms with Crippen molar-refractivity contribution in [2.24, 2.45) is 0 Å². The van der Waals surface area contributed by atoms with Crippen LogP contribution in [-0.2, 0) is 6.54 Å². The Labute approximate surface area is 146 Å². The van der Waals surface area contributed by atoms with Gasteiger partial charge in [0.15, 0.2) is 0 Å². The first kappa shape index (κ1) is 16.6. The molecule has 2 heterocycles. The van der Waals surface area contributed by atoms with Crippen molar-refractivity contribution in [1.82, 2.24) is 15.0 Å². The van der Waals surface area contributed by atoms with E-state index in [-0.39, 0.29) is 5.91 Å². The number of hydrogen-bond donors (Lipinski definition) is 2. The van der Waals surface area contributed by atoms with Gasteiger partial charge in [-0.1, -0.05) is 12.1 Å². The molecule has 0 atom stereocenters. The number of amides is 1. The zero-order valence-corrected chi connectivity index (χ0v) is 14.2. The average molecular weight is 333 g/mol. The highest BCUT2D eigenvalue weighted by Gasteiger charge is 2.10. The third-order valence-electron chi connectivity index (χ3n) is 3.97. The number of carbonyl (C=O) groups is 1. The molecule has 3 aromatic rings. The summed E-state index contributed by atoms with van der Waals surface area (Å²) in [6, 6.07) is 9.64. The van der Waals surface area contributed by atoms with Crippen LogP contribution in [0.15, 0.2) is 55.1 Å². The first-order valence-electron chi connectivity index (χ1n) is 7.96. The second kappa shape index (κ2) is 7.53. The van der Waals surface area contributed by atoms with Gasteiger partial charge in [0.25, 0.3) is 5.91 Å². The third-order valence-corrected chi connectivity index (χ3v) is 3.97. The number of pyridine rings is 1. The van der Waals surface area contributed by atoms with Crippen molar-refractivity contribution < 1.29 is 4.79 Å². The maximum Gasteiger partial charge on any atom is 0.258 e. The highest BCUT2D eigenvalue weighted by Crippen LogP contribution is 2.18. The van der Waals surface area contributed by atoms with Crippen LogP contribution < -0.4 is 10.6 Å². The largest absolute Gasteiger partial charge is 0.350 e. The fourth-order valence-corrected chi connectivity index (χ4v) is 2.30. The van der Waals surface area contributed by atoms with E-state index in [1.165, 1.54) is 12.4 Å². The van der Waals surface area contributed by atoms with Gasteiger partial charge >= 0.3 is 0 Å². The maximum absolute atomic E-state index is 12.3. The molecular weight excluding hydrogens is 314 g/mol. The molecule has 6 nitrogen and oxygen atoms in total. The highest BCUT2D eigenvalue weighted by atomic mass is 16.1. The minimum Gasteiger partial charge on any atom is -0.350 e. The van der Waals surface area contributed by atoms with Gasteiger partial charge in [-0.3, -0.25) is 9.78 Å². The number of nitrogens with zero attached hydrogens (tertiary/aromatic N) is 3. The lowest BCUT2D eigenvalue weighted by molar-refractivity contribution is 0.102. The van der Waals surface area contributed by atoms with Crippen molar-refractivity contribution in [3.8, 4) is 0 Å². The molecule has 0 saturated heterocycles. The zero-order chi connectivity index (χ0) is 17.6. The van der Waals surface area contributed by atoms with Crippen LogP contribution in [0.3, 0.4) is 0 Å². The maximum atomic E-state index is 12.3. The summed E-state index contributed by atoms with van der Waals surface area (Å²) in [5.74, 6) is 0.245. The molecule has 126 valence electrons. The second-order valence-corrected chi connectivity index (χ2v) is 5.71. The van der Waals surface area contributed by atoms with Gasteiger partial charge < -0.3 is 10.6 Å². The molecule has 0 bridgehead atoms. The molecule has 1 aromatic carbocycles. The van der Waals surface area contributed by atoms with Crippen molar-refractivity contribution in [3.63, 3.8) is 0 Å². The molecular formula is C19H19N5O. The number of carbonyl (C=O) groups excluding carboxylic acids is 1. The Balaban J connectivity index is 1.63. The van der Waals surface area contributed by atoms with Crippen LogP contribution in [0.5, 0.6) is 0 Å². The molecule has 2 aromatic heterocycles. The first-order valence-corrected chi connectivity index (χ1v) is 7.96. The Bertz CT molecular complexity index is 863. The summed E-state index contributed by atoms with van der Waals surface area (Å²) in [4.78, 5) is 24.7. The van der Waals surface area contributed by atoms with E-state index in [1.54, 1.807) is 12.4 Å². The molecule has 0 aliphatic carbocycles. The molecule has 0 spiro atoms. The number of rotatable bonds is 5. The standard InChI is InChI=1S/C19H19N5O/c1-13-4-3-5-17(14(13)2)24-18(25)16-11-22-19(23-12-16)21-10-15-6-8-20-9-7-15/h3-9,11-12H,10H2,1-2H3,(H,24,25)(H,21,22,23). The van der Waals surface area contributed by atoms with Gasteiger partial charge in [0, 0.05) is 37.0 Å². The monoisotopic (exact) mass is 333 g/mol. The number of nitrogens with one attached hydrogen (secondary N) is 2. The summed E-state index contributed by atoms with van der Waals surface area (Å²) in [5, 5.41) is 6.01. The quantitative estimate of drug-likeness (QED) is 0.748. The van der Waals surface area contributed by atoms with E-state index in [2.05, 4.69) is 25.6 Å². The normalized spacial score (nSPS) is 10.3. The molecule has 0 fully saturated rings. The number of aromatic nitrogens is 3. The van der Waals surface area contributed by atoms with Crippen molar-refractivity contribution in [3.05, 3.63) is 77.4 Å². The van der Waals surface area contributed by atoms with E-state index in [1.807, 2.05) is 44.2 Å². The average Bonchev–Trinajstić information content (AvgIpc) is 2.65. The number of hydrogen-bond acceptors (Lipinski definition) is 5. The lowest BCUT2D eigenvalue weighted by Crippen LogP contribution is -2.14. The van der Waals surface area contributed by atoms with E-state index < -0.39 is 0 Å². The minimum atomic E-state index is -0.227. The predicted octanol–water partition coefficient (Wildman–Crippen LogP) is 3.35. The van der Waals surface area contributed by atoms with E-state index in [4.69, 9.17) is 0 Å². The van der Waals surface area contributed by atoms with Crippen LogP contribution in [0, 0.1) is 13.8 Å². The Morgan fingerprint density at radius 3 is 2.48 bits per heavy atom. The highest BCUT2D eigenvalue weighted by molar-refractivity contribution is 6.04. The summed E-state index contributed by atoms with van der Waals surface area (Å²) >= 11 is 0. The number of aryl methyl sites for hydroxylation is 1. The molecule has 0 radical (unpaired) electrons. The summed E-state index contributed by atoms with van der Waals surface area (Å²) in [5.41, 5.74) is 4.47. The van der Waals surface area contributed by atoms with E-state index in [0.29, 0.717) is 18.1 Å². The van der Waals surface area contributed by atoms with Crippen LogP contribution in [0.25, 0.3) is 0 Å². The van der Waals surface area contributed by atoms with Crippen molar-refractivity contribution in [2.45, 2.75) is 20.4 Å². The molecule has 0 saturated carbocycles. The molecule has 6 heteroatoms. The lowest BCUT2D eigenvalue weighted by atomic mass is 10.1. The summed E-state index contributed by atoms with van der Waals surface area (Å²) in [6.45, 7) is 4.58. The summed E-state index contributed by atoms with van der Waals surface area (Å²) < 4.78 is 0. The van der Waals surface area contributed by atoms with Gasteiger partial charge in [-0.05, 0) is 48.7 Å². The fraction of sp³-hybridized carbons (Fsp3) is 0.158. The van der Waals surface area contributed by atoms with Gasteiger partial charge in [-0.25, -0.2) is 9.97 Å².